The molecule has 1 unspecified atom stereocenters. The molecule has 6 heteroatoms. The second-order valence-electron chi connectivity index (χ2n) is 7.69. The van der Waals surface area contributed by atoms with Gasteiger partial charge in [0.05, 0.1) is 13.1 Å². The van der Waals surface area contributed by atoms with Crippen molar-refractivity contribution in [1.82, 2.24) is 25.4 Å². The van der Waals surface area contributed by atoms with Gasteiger partial charge in [-0.15, -0.1) is 0 Å². The van der Waals surface area contributed by atoms with Crippen molar-refractivity contribution in [2.75, 3.05) is 13.1 Å². The van der Waals surface area contributed by atoms with E-state index in [4.69, 9.17) is 4.99 Å². The molecule has 0 saturated carbocycles. The van der Waals surface area contributed by atoms with Crippen LogP contribution in [0.1, 0.15) is 57.2 Å². The number of nitrogens with zero attached hydrogens (tertiary/aromatic N) is 4. The Bertz CT molecular complexity index is 776. The van der Waals surface area contributed by atoms with E-state index in [9.17, 15) is 0 Å². The van der Waals surface area contributed by atoms with Crippen LogP contribution in [0.15, 0.2) is 35.3 Å². The van der Waals surface area contributed by atoms with Crippen molar-refractivity contribution in [2.24, 2.45) is 4.99 Å². The lowest BCUT2D eigenvalue weighted by Gasteiger charge is -2.31. The van der Waals surface area contributed by atoms with Crippen molar-refractivity contribution >= 4 is 5.96 Å². The van der Waals surface area contributed by atoms with Gasteiger partial charge in [0.25, 0.3) is 0 Å². The zero-order valence-corrected chi connectivity index (χ0v) is 17.7. The Hall–Kier alpha value is -2.37. The SMILES string of the molecule is CCNC(=NCC(CC)(CC)c1ccccc1)NC1CCc2nc(C)nn2C1. The largest absolute Gasteiger partial charge is 0.357 e. The summed E-state index contributed by atoms with van der Waals surface area (Å²) in [5, 5.41) is 11.6. The van der Waals surface area contributed by atoms with Gasteiger partial charge in [-0.25, -0.2) is 9.67 Å². The quantitative estimate of drug-likeness (QED) is 0.570. The number of guanidine groups is 1. The number of rotatable bonds is 7. The molecule has 3 rings (SSSR count). The first-order valence-electron chi connectivity index (χ1n) is 10.6. The highest BCUT2D eigenvalue weighted by atomic mass is 15.4. The third kappa shape index (κ3) is 4.54. The van der Waals surface area contributed by atoms with Crippen LogP contribution in [-0.2, 0) is 18.4 Å². The maximum Gasteiger partial charge on any atom is 0.191 e. The van der Waals surface area contributed by atoms with Gasteiger partial charge in [0.15, 0.2) is 5.96 Å². The maximum atomic E-state index is 5.01. The molecule has 0 bridgehead atoms. The predicted molar refractivity (Wildman–Crippen MR) is 115 cm³/mol. The third-order valence-electron chi connectivity index (χ3n) is 5.93. The molecule has 2 aromatic rings. The van der Waals surface area contributed by atoms with Gasteiger partial charge < -0.3 is 10.6 Å². The Balaban J connectivity index is 1.73. The molecule has 0 spiro atoms. The highest BCUT2D eigenvalue weighted by molar-refractivity contribution is 5.80. The highest BCUT2D eigenvalue weighted by Gasteiger charge is 2.28. The first-order valence-corrected chi connectivity index (χ1v) is 10.6. The zero-order valence-electron chi connectivity index (χ0n) is 17.7. The van der Waals surface area contributed by atoms with E-state index in [-0.39, 0.29) is 5.41 Å². The minimum Gasteiger partial charge on any atom is -0.357 e. The predicted octanol–water partition coefficient (Wildman–Crippen LogP) is 3.21. The molecular weight excluding hydrogens is 348 g/mol. The van der Waals surface area contributed by atoms with Crippen molar-refractivity contribution in [3.63, 3.8) is 0 Å². The molecule has 0 saturated heterocycles. The fourth-order valence-corrected chi connectivity index (χ4v) is 4.06. The zero-order chi connectivity index (χ0) is 20.0. The van der Waals surface area contributed by atoms with Crippen molar-refractivity contribution in [3.05, 3.63) is 47.5 Å². The topological polar surface area (TPSA) is 67.1 Å². The summed E-state index contributed by atoms with van der Waals surface area (Å²) < 4.78 is 2.03. The van der Waals surface area contributed by atoms with Crippen LogP contribution in [0.3, 0.4) is 0 Å². The average molecular weight is 383 g/mol. The monoisotopic (exact) mass is 382 g/mol. The van der Waals surface area contributed by atoms with Gasteiger partial charge in [-0.05, 0) is 38.7 Å². The number of hydrogen-bond acceptors (Lipinski definition) is 3. The molecule has 28 heavy (non-hydrogen) atoms. The van der Waals surface area contributed by atoms with E-state index in [1.54, 1.807) is 0 Å². The molecule has 6 nitrogen and oxygen atoms in total. The molecule has 2 heterocycles. The third-order valence-corrected chi connectivity index (χ3v) is 5.93. The van der Waals surface area contributed by atoms with Crippen molar-refractivity contribution in [3.8, 4) is 0 Å². The lowest BCUT2D eigenvalue weighted by atomic mass is 9.76. The standard InChI is InChI=1S/C22H34N6/c1-5-22(6-2,18-11-9-8-10-12-18)16-24-21(23-7-3)26-19-13-14-20-25-17(4)27-28(20)15-19/h8-12,19H,5-7,13-16H2,1-4H3,(H2,23,24,26). The van der Waals surface area contributed by atoms with Crippen LogP contribution >= 0.6 is 0 Å². The smallest absolute Gasteiger partial charge is 0.191 e. The second-order valence-corrected chi connectivity index (χ2v) is 7.69. The van der Waals surface area contributed by atoms with Gasteiger partial charge in [-0.3, -0.25) is 4.99 Å². The van der Waals surface area contributed by atoms with E-state index in [2.05, 4.69) is 71.8 Å². The van der Waals surface area contributed by atoms with Crippen LogP contribution in [0.25, 0.3) is 0 Å². The van der Waals surface area contributed by atoms with Gasteiger partial charge in [-0.2, -0.15) is 5.10 Å². The minimum absolute atomic E-state index is 0.0758. The molecule has 1 aliphatic rings. The van der Waals surface area contributed by atoms with Gasteiger partial charge in [-0.1, -0.05) is 44.2 Å². The number of fused-ring (bicyclic) bond motifs is 1. The molecule has 1 aliphatic heterocycles. The van der Waals surface area contributed by atoms with Crippen molar-refractivity contribution in [1.29, 1.82) is 0 Å². The van der Waals surface area contributed by atoms with Gasteiger partial charge in [0.2, 0.25) is 0 Å². The summed E-state index contributed by atoms with van der Waals surface area (Å²) in [4.78, 5) is 9.51. The Morgan fingerprint density at radius 3 is 2.64 bits per heavy atom. The lowest BCUT2D eigenvalue weighted by Crippen LogP contribution is -2.47. The van der Waals surface area contributed by atoms with Crippen LogP contribution in [0.4, 0.5) is 0 Å². The van der Waals surface area contributed by atoms with Crippen molar-refractivity contribution < 1.29 is 0 Å². The Morgan fingerprint density at radius 1 is 1.21 bits per heavy atom. The van der Waals surface area contributed by atoms with E-state index in [1.165, 1.54) is 5.56 Å². The van der Waals surface area contributed by atoms with E-state index >= 15 is 0 Å². The number of nitrogens with one attached hydrogen (secondary N) is 2. The van der Waals surface area contributed by atoms with Gasteiger partial charge in [0, 0.05) is 24.4 Å². The fourth-order valence-electron chi connectivity index (χ4n) is 4.06. The number of benzene rings is 1. The van der Waals surface area contributed by atoms with E-state index in [0.717, 1.165) is 62.9 Å². The molecule has 0 radical (unpaired) electrons. The van der Waals surface area contributed by atoms with Crippen molar-refractivity contribution in [2.45, 2.75) is 71.4 Å². The molecule has 1 aromatic carbocycles. The maximum absolute atomic E-state index is 5.01. The minimum atomic E-state index is 0.0758. The first-order chi connectivity index (χ1) is 13.6. The fraction of sp³-hybridized carbons (Fsp3) is 0.591. The number of aromatic nitrogens is 3. The Kier molecular flexibility index (Phi) is 6.70. The summed E-state index contributed by atoms with van der Waals surface area (Å²) in [6, 6.07) is 11.1. The van der Waals surface area contributed by atoms with Gasteiger partial charge in [0.1, 0.15) is 11.6 Å². The molecule has 0 aliphatic carbocycles. The molecular formula is C22H34N6. The Labute approximate surface area is 168 Å². The van der Waals surface area contributed by atoms with Gasteiger partial charge >= 0.3 is 0 Å². The molecule has 2 N–H and O–H groups in total. The number of aryl methyl sites for hydroxylation is 2. The summed E-state index contributed by atoms with van der Waals surface area (Å²) in [7, 11) is 0. The number of hydrogen-bond donors (Lipinski definition) is 2. The van der Waals surface area contributed by atoms with E-state index < -0.39 is 0 Å². The summed E-state index contributed by atoms with van der Waals surface area (Å²) in [5.74, 6) is 2.85. The van der Waals surface area contributed by atoms with Crippen LogP contribution in [0.2, 0.25) is 0 Å². The normalized spacial score (nSPS) is 17.3. The average Bonchev–Trinajstić information content (AvgIpc) is 3.09. The summed E-state index contributed by atoms with van der Waals surface area (Å²) >= 11 is 0. The summed E-state index contributed by atoms with van der Waals surface area (Å²) in [6.07, 6.45) is 4.15. The van der Waals surface area contributed by atoms with Crippen LogP contribution < -0.4 is 10.6 Å². The highest BCUT2D eigenvalue weighted by Crippen LogP contribution is 2.32. The van der Waals surface area contributed by atoms with Crippen LogP contribution in [-0.4, -0.2) is 39.9 Å². The Morgan fingerprint density at radius 2 is 1.96 bits per heavy atom. The lowest BCUT2D eigenvalue weighted by molar-refractivity contribution is 0.387. The molecule has 1 atom stereocenters. The molecule has 152 valence electrons. The van der Waals surface area contributed by atoms with E-state index in [0.29, 0.717) is 6.04 Å². The first kappa shape index (κ1) is 20.4. The second kappa shape index (κ2) is 9.22. The number of aliphatic imine (C=N–C) groups is 1. The van der Waals surface area contributed by atoms with E-state index in [1.807, 2.05) is 11.6 Å². The molecule has 0 fully saturated rings. The molecule has 1 aromatic heterocycles. The summed E-state index contributed by atoms with van der Waals surface area (Å²) in [5.41, 5.74) is 1.45. The molecule has 0 amide bonds. The summed E-state index contributed by atoms with van der Waals surface area (Å²) in [6.45, 7) is 11.1. The van der Waals surface area contributed by atoms with Crippen LogP contribution in [0, 0.1) is 6.92 Å². The van der Waals surface area contributed by atoms with Crippen LogP contribution in [0.5, 0.6) is 0 Å².